The molecule has 0 spiro atoms. The molecule has 1 unspecified atom stereocenters. The van der Waals surface area contributed by atoms with Gasteiger partial charge in [-0.2, -0.15) is 0 Å². The van der Waals surface area contributed by atoms with Crippen molar-refractivity contribution in [3.05, 3.63) is 0 Å². The second kappa shape index (κ2) is 9.15. The summed E-state index contributed by atoms with van der Waals surface area (Å²) in [7, 11) is 1.73. The third kappa shape index (κ3) is 6.78. The van der Waals surface area contributed by atoms with Gasteiger partial charge in [-0.25, -0.2) is 0 Å². The van der Waals surface area contributed by atoms with E-state index in [1.165, 1.54) is 0 Å². The van der Waals surface area contributed by atoms with Crippen LogP contribution in [0.2, 0.25) is 0 Å². The molecule has 0 aromatic rings. The van der Waals surface area contributed by atoms with E-state index in [4.69, 9.17) is 15.7 Å². The fraction of sp³-hybridized carbons (Fsp3) is 0.929. The van der Waals surface area contributed by atoms with Crippen LogP contribution in [0.3, 0.4) is 0 Å². The fourth-order valence-electron chi connectivity index (χ4n) is 2.01. The highest BCUT2D eigenvalue weighted by Crippen LogP contribution is 2.23. The van der Waals surface area contributed by atoms with Gasteiger partial charge in [0.25, 0.3) is 0 Å². The van der Waals surface area contributed by atoms with Gasteiger partial charge in [0.1, 0.15) is 5.84 Å². The third-order valence-corrected chi connectivity index (χ3v) is 3.85. The first-order valence-corrected chi connectivity index (χ1v) is 7.10. The molecule has 0 fully saturated rings. The summed E-state index contributed by atoms with van der Waals surface area (Å²) in [4.78, 5) is 2.44. The van der Waals surface area contributed by atoms with Gasteiger partial charge in [-0.1, -0.05) is 25.9 Å². The molecule has 5 nitrogen and oxygen atoms in total. The van der Waals surface area contributed by atoms with Crippen LogP contribution < -0.4 is 5.73 Å². The fourth-order valence-corrected chi connectivity index (χ4v) is 2.01. The molecular formula is C14H31N3O2. The maximum Gasteiger partial charge on any atom is 0.144 e. The number of rotatable bonds is 10. The van der Waals surface area contributed by atoms with Crippen molar-refractivity contribution < 1.29 is 9.94 Å². The van der Waals surface area contributed by atoms with E-state index in [1.54, 1.807) is 7.11 Å². The van der Waals surface area contributed by atoms with Crippen LogP contribution in [-0.4, -0.2) is 48.8 Å². The number of nitrogens with zero attached hydrogens (tertiary/aromatic N) is 2. The predicted molar refractivity (Wildman–Crippen MR) is 79.6 cm³/mol. The first kappa shape index (κ1) is 18.2. The summed E-state index contributed by atoms with van der Waals surface area (Å²) in [5.41, 5.74) is 5.45. The van der Waals surface area contributed by atoms with Crippen LogP contribution in [-0.2, 0) is 4.74 Å². The van der Waals surface area contributed by atoms with E-state index in [9.17, 15) is 0 Å². The largest absolute Gasteiger partial charge is 0.409 e. The third-order valence-electron chi connectivity index (χ3n) is 3.85. The van der Waals surface area contributed by atoms with Crippen molar-refractivity contribution in [2.45, 2.75) is 53.0 Å². The lowest BCUT2D eigenvalue weighted by Gasteiger charge is -2.30. The average molecular weight is 273 g/mol. The lowest BCUT2D eigenvalue weighted by Crippen LogP contribution is -2.37. The number of hydrogen-bond donors (Lipinski definition) is 2. The Labute approximate surface area is 117 Å². The molecule has 0 rings (SSSR count). The van der Waals surface area contributed by atoms with E-state index in [2.05, 4.69) is 23.9 Å². The van der Waals surface area contributed by atoms with Gasteiger partial charge >= 0.3 is 0 Å². The highest BCUT2D eigenvalue weighted by molar-refractivity contribution is 5.85. The van der Waals surface area contributed by atoms with Crippen LogP contribution in [0.25, 0.3) is 0 Å². The van der Waals surface area contributed by atoms with Crippen molar-refractivity contribution >= 4 is 5.84 Å². The summed E-state index contributed by atoms with van der Waals surface area (Å²) in [5.74, 6) is 0.305. The minimum Gasteiger partial charge on any atom is -0.409 e. The van der Waals surface area contributed by atoms with Crippen molar-refractivity contribution in [1.82, 2.24) is 4.90 Å². The smallest absolute Gasteiger partial charge is 0.144 e. The second-order valence-corrected chi connectivity index (χ2v) is 5.76. The summed E-state index contributed by atoms with van der Waals surface area (Å²) in [6, 6.07) is 0.558. The second-order valence-electron chi connectivity index (χ2n) is 5.76. The molecule has 0 amide bonds. The van der Waals surface area contributed by atoms with Gasteiger partial charge in [-0.3, -0.25) is 4.90 Å². The van der Waals surface area contributed by atoms with Gasteiger partial charge in [0.15, 0.2) is 0 Å². The number of methoxy groups -OCH3 is 1. The van der Waals surface area contributed by atoms with E-state index >= 15 is 0 Å². The summed E-state index contributed by atoms with van der Waals surface area (Å²) in [5, 5.41) is 11.9. The van der Waals surface area contributed by atoms with E-state index in [-0.39, 0.29) is 5.41 Å². The first-order chi connectivity index (χ1) is 8.88. The molecule has 0 aliphatic rings. The lowest BCUT2D eigenvalue weighted by molar-refractivity contribution is 0.120. The van der Waals surface area contributed by atoms with E-state index in [1.807, 2.05) is 13.8 Å². The molecule has 0 aliphatic carbocycles. The number of hydrogen-bond acceptors (Lipinski definition) is 4. The van der Waals surface area contributed by atoms with Crippen LogP contribution >= 0.6 is 0 Å². The summed E-state index contributed by atoms with van der Waals surface area (Å²) in [6.45, 7) is 11.2. The molecule has 0 bridgehead atoms. The van der Waals surface area contributed by atoms with E-state index < -0.39 is 0 Å². The zero-order valence-corrected chi connectivity index (χ0v) is 13.1. The van der Waals surface area contributed by atoms with Crippen molar-refractivity contribution in [2.24, 2.45) is 16.3 Å². The summed E-state index contributed by atoms with van der Waals surface area (Å²) >= 11 is 0. The Hall–Kier alpha value is -0.810. The van der Waals surface area contributed by atoms with Crippen molar-refractivity contribution in [3.8, 4) is 0 Å². The molecular weight excluding hydrogens is 242 g/mol. The molecule has 0 saturated heterocycles. The van der Waals surface area contributed by atoms with Gasteiger partial charge in [0.2, 0.25) is 0 Å². The average Bonchev–Trinajstić information content (AvgIpc) is 2.40. The molecule has 1 atom stereocenters. The van der Waals surface area contributed by atoms with Gasteiger partial charge in [0.05, 0.1) is 6.61 Å². The quantitative estimate of drug-likeness (QED) is 0.277. The molecule has 0 heterocycles. The molecule has 114 valence electrons. The number of oxime groups is 1. The molecule has 3 N–H and O–H groups in total. The van der Waals surface area contributed by atoms with Crippen LogP contribution in [0.5, 0.6) is 0 Å². The maximum absolute atomic E-state index is 8.76. The molecule has 0 aliphatic heterocycles. The van der Waals surface area contributed by atoms with Crippen LogP contribution in [0.15, 0.2) is 5.16 Å². The molecule has 19 heavy (non-hydrogen) atoms. The number of amidine groups is 1. The topological polar surface area (TPSA) is 71.1 Å². The molecule has 0 aromatic heterocycles. The Kier molecular flexibility index (Phi) is 8.76. The summed E-state index contributed by atoms with van der Waals surface area (Å²) in [6.07, 6.45) is 3.06. The molecule has 5 heteroatoms. The Bertz CT molecular complexity index is 267. The minimum absolute atomic E-state index is 0.253. The van der Waals surface area contributed by atoms with Gasteiger partial charge in [-0.15, -0.1) is 0 Å². The molecule has 0 aromatic carbocycles. The van der Waals surface area contributed by atoms with E-state index in [0.29, 0.717) is 11.9 Å². The Morgan fingerprint density at radius 2 is 2.05 bits per heavy atom. The Balaban J connectivity index is 4.25. The lowest BCUT2D eigenvalue weighted by atomic mass is 9.86. The highest BCUT2D eigenvalue weighted by Gasteiger charge is 2.23. The van der Waals surface area contributed by atoms with Crippen molar-refractivity contribution in [3.63, 3.8) is 0 Å². The normalized spacial score (nSPS) is 14.9. The Morgan fingerprint density at radius 3 is 2.53 bits per heavy atom. The zero-order valence-electron chi connectivity index (χ0n) is 13.1. The predicted octanol–water partition coefficient (Wildman–Crippen LogP) is 2.29. The Morgan fingerprint density at radius 1 is 1.42 bits per heavy atom. The van der Waals surface area contributed by atoms with Crippen molar-refractivity contribution in [1.29, 1.82) is 0 Å². The minimum atomic E-state index is -0.253. The highest BCUT2D eigenvalue weighted by atomic mass is 16.5. The standard InChI is InChI=1S/C14H31N3O2/c1-6-12(2)17(10-11-19-5)9-7-8-14(3,4)13(15)16-18/h12,18H,6-11H2,1-5H3,(H2,15,16). The van der Waals surface area contributed by atoms with Gasteiger partial charge < -0.3 is 15.7 Å². The molecule has 0 radical (unpaired) electrons. The van der Waals surface area contributed by atoms with Crippen molar-refractivity contribution in [2.75, 3.05) is 26.8 Å². The number of ether oxygens (including phenoxy) is 1. The van der Waals surface area contributed by atoms with Crippen LogP contribution in [0.1, 0.15) is 47.0 Å². The first-order valence-electron chi connectivity index (χ1n) is 7.10. The zero-order chi connectivity index (χ0) is 14.9. The van der Waals surface area contributed by atoms with Crippen LogP contribution in [0.4, 0.5) is 0 Å². The molecule has 0 saturated carbocycles. The summed E-state index contributed by atoms with van der Waals surface area (Å²) < 4.78 is 5.16. The monoisotopic (exact) mass is 273 g/mol. The SMILES string of the molecule is CCC(C)N(CCCC(C)(C)C(N)=NO)CCOC. The number of nitrogens with two attached hydrogens (primary N) is 1. The van der Waals surface area contributed by atoms with E-state index in [0.717, 1.165) is 39.0 Å². The van der Waals surface area contributed by atoms with Crippen LogP contribution in [0, 0.1) is 5.41 Å². The van der Waals surface area contributed by atoms with Gasteiger partial charge in [-0.05, 0) is 32.7 Å². The maximum atomic E-state index is 8.76. The van der Waals surface area contributed by atoms with Gasteiger partial charge in [0, 0.05) is 25.1 Å².